The van der Waals surface area contributed by atoms with Gasteiger partial charge in [0.2, 0.25) is 0 Å². The van der Waals surface area contributed by atoms with E-state index in [1.165, 1.54) is 0 Å². The van der Waals surface area contributed by atoms with E-state index >= 15 is 0 Å². The molecular formula is C6H13N3O2. The molecule has 0 spiro atoms. The molecule has 64 valence electrons. The summed E-state index contributed by atoms with van der Waals surface area (Å²) in [6, 6.07) is 0. The number of carbonyl (C=O) groups is 2. The second kappa shape index (κ2) is 2.87. The minimum atomic E-state index is -1.04. The van der Waals surface area contributed by atoms with E-state index in [-0.39, 0.29) is 0 Å². The summed E-state index contributed by atoms with van der Waals surface area (Å²) in [5.74, 6) is 3.36. The van der Waals surface area contributed by atoms with E-state index in [1.807, 2.05) is 0 Å². The molecule has 5 heteroatoms. The lowest BCUT2D eigenvalue weighted by Crippen LogP contribution is -2.54. The molecule has 0 fully saturated rings. The Hall–Kier alpha value is -1.10. The molecule has 0 aliphatic rings. The summed E-state index contributed by atoms with van der Waals surface area (Å²) in [5, 5.41) is 0.815. The number of hydrogen-bond acceptors (Lipinski definition) is 3. The monoisotopic (exact) mass is 159 g/mol. The van der Waals surface area contributed by atoms with Gasteiger partial charge < -0.3 is 5.73 Å². The van der Waals surface area contributed by atoms with Crippen LogP contribution in [0, 0.1) is 0 Å². The third-order valence-corrected chi connectivity index (χ3v) is 1.15. The Morgan fingerprint density at radius 2 is 1.64 bits per heavy atom. The quantitative estimate of drug-likeness (QED) is 0.205. The first-order chi connectivity index (χ1) is 4.76. The second-order valence-electron chi connectivity index (χ2n) is 3.21. The molecule has 0 rings (SSSR count). The van der Waals surface area contributed by atoms with Crippen LogP contribution in [-0.2, 0) is 9.59 Å². The summed E-state index contributed by atoms with van der Waals surface area (Å²) in [4.78, 5) is 21.2. The molecule has 0 heterocycles. The van der Waals surface area contributed by atoms with Crippen LogP contribution in [0.3, 0.4) is 0 Å². The second-order valence-corrected chi connectivity index (χ2v) is 3.21. The van der Waals surface area contributed by atoms with E-state index < -0.39 is 17.4 Å². The highest BCUT2D eigenvalue weighted by atomic mass is 16.2. The molecule has 0 saturated heterocycles. The molecule has 4 N–H and O–H groups in total. The third kappa shape index (κ3) is 2.55. The van der Waals surface area contributed by atoms with Gasteiger partial charge in [-0.2, -0.15) is 0 Å². The highest BCUT2D eigenvalue weighted by Crippen LogP contribution is 2.07. The van der Waals surface area contributed by atoms with Crippen LogP contribution in [0.1, 0.15) is 20.8 Å². The van der Waals surface area contributed by atoms with Crippen molar-refractivity contribution < 1.29 is 9.59 Å². The van der Waals surface area contributed by atoms with Crippen LogP contribution in [0.25, 0.3) is 0 Å². The first kappa shape index (κ1) is 9.90. The number of hydrogen-bond donors (Lipinski definition) is 2. The van der Waals surface area contributed by atoms with Gasteiger partial charge in [-0.1, -0.05) is 0 Å². The molecule has 0 unspecified atom stereocenters. The fraction of sp³-hybridized carbons (Fsp3) is 0.667. The lowest BCUT2D eigenvalue weighted by atomic mass is 10.1. The zero-order valence-electron chi connectivity index (χ0n) is 6.92. The number of nitrogens with two attached hydrogens (primary N) is 2. The maximum Gasteiger partial charge on any atom is 0.326 e. The molecule has 0 aromatic rings. The van der Waals surface area contributed by atoms with Crippen LogP contribution in [0.2, 0.25) is 0 Å². The van der Waals surface area contributed by atoms with Gasteiger partial charge in [-0.25, -0.2) is 5.84 Å². The van der Waals surface area contributed by atoms with E-state index in [0.29, 0.717) is 0 Å². The smallest absolute Gasteiger partial charge is 0.326 e. The van der Waals surface area contributed by atoms with Gasteiger partial charge in [0.05, 0.1) is 5.54 Å². The molecule has 11 heavy (non-hydrogen) atoms. The summed E-state index contributed by atoms with van der Waals surface area (Å²) in [7, 11) is 0. The number of rotatable bonds is 0. The first-order valence-corrected chi connectivity index (χ1v) is 3.15. The number of nitrogens with zero attached hydrogens (tertiary/aromatic N) is 1. The minimum Gasteiger partial charge on any atom is -0.361 e. The van der Waals surface area contributed by atoms with Gasteiger partial charge in [-0.15, -0.1) is 0 Å². The van der Waals surface area contributed by atoms with E-state index in [1.54, 1.807) is 20.8 Å². The molecule has 2 amide bonds. The topological polar surface area (TPSA) is 89.4 Å². The number of carbonyl (C=O) groups excluding carboxylic acids is 2. The molecule has 0 atom stereocenters. The minimum absolute atomic E-state index is 0.577. The Morgan fingerprint density at radius 3 is 1.73 bits per heavy atom. The fourth-order valence-electron chi connectivity index (χ4n) is 0.423. The fourth-order valence-corrected chi connectivity index (χ4v) is 0.423. The number of hydrazine groups is 1. The van der Waals surface area contributed by atoms with Crippen molar-refractivity contribution in [2.75, 3.05) is 0 Å². The number of amides is 2. The van der Waals surface area contributed by atoms with E-state index in [2.05, 4.69) is 0 Å². The van der Waals surface area contributed by atoms with E-state index in [0.717, 1.165) is 5.01 Å². The SMILES string of the molecule is CC(C)(C)N(N)C(=O)C(N)=O. The van der Waals surface area contributed by atoms with Crippen LogP contribution in [0.4, 0.5) is 0 Å². The Balaban J connectivity index is 4.38. The van der Waals surface area contributed by atoms with Crippen molar-refractivity contribution in [3.8, 4) is 0 Å². The van der Waals surface area contributed by atoms with Crippen molar-refractivity contribution in [2.45, 2.75) is 26.3 Å². The van der Waals surface area contributed by atoms with Gasteiger partial charge >= 0.3 is 11.8 Å². The molecular weight excluding hydrogens is 146 g/mol. The van der Waals surface area contributed by atoms with Gasteiger partial charge in [0.1, 0.15) is 0 Å². The molecule has 0 saturated carbocycles. The van der Waals surface area contributed by atoms with E-state index in [9.17, 15) is 9.59 Å². The molecule has 0 aliphatic carbocycles. The average molecular weight is 159 g/mol. The van der Waals surface area contributed by atoms with Crippen LogP contribution in [-0.4, -0.2) is 22.4 Å². The third-order valence-electron chi connectivity index (χ3n) is 1.15. The number of primary amides is 1. The van der Waals surface area contributed by atoms with Crippen molar-refractivity contribution in [1.29, 1.82) is 0 Å². The molecule has 0 aromatic heterocycles. The van der Waals surface area contributed by atoms with E-state index in [4.69, 9.17) is 11.6 Å². The van der Waals surface area contributed by atoms with Crippen molar-refractivity contribution in [2.24, 2.45) is 11.6 Å². The molecule has 0 aromatic carbocycles. The largest absolute Gasteiger partial charge is 0.361 e. The predicted molar refractivity (Wildman–Crippen MR) is 40.0 cm³/mol. The van der Waals surface area contributed by atoms with Crippen molar-refractivity contribution in [3.63, 3.8) is 0 Å². The summed E-state index contributed by atoms with van der Waals surface area (Å²) in [6.07, 6.45) is 0. The zero-order chi connectivity index (χ0) is 9.23. The van der Waals surface area contributed by atoms with Gasteiger partial charge in [0.25, 0.3) is 0 Å². The lowest BCUT2D eigenvalue weighted by Gasteiger charge is -2.29. The molecule has 5 nitrogen and oxygen atoms in total. The van der Waals surface area contributed by atoms with Crippen LogP contribution < -0.4 is 11.6 Å². The Morgan fingerprint density at radius 1 is 1.27 bits per heavy atom. The van der Waals surface area contributed by atoms with Crippen molar-refractivity contribution in [1.82, 2.24) is 5.01 Å². The molecule has 0 radical (unpaired) electrons. The van der Waals surface area contributed by atoms with Gasteiger partial charge in [0.15, 0.2) is 0 Å². The normalized spacial score (nSPS) is 10.9. The molecule has 0 aliphatic heterocycles. The summed E-state index contributed by atoms with van der Waals surface area (Å²) in [6.45, 7) is 5.11. The van der Waals surface area contributed by atoms with Gasteiger partial charge in [-0.3, -0.25) is 14.6 Å². The van der Waals surface area contributed by atoms with Crippen molar-refractivity contribution in [3.05, 3.63) is 0 Å². The summed E-state index contributed by atoms with van der Waals surface area (Å²) >= 11 is 0. The summed E-state index contributed by atoms with van der Waals surface area (Å²) in [5.41, 5.74) is 4.15. The maximum absolute atomic E-state index is 10.8. The predicted octanol–water partition coefficient (Wildman–Crippen LogP) is -1.03. The van der Waals surface area contributed by atoms with Crippen LogP contribution >= 0.6 is 0 Å². The van der Waals surface area contributed by atoms with Gasteiger partial charge in [0, 0.05) is 0 Å². The van der Waals surface area contributed by atoms with Crippen LogP contribution in [0.5, 0.6) is 0 Å². The zero-order valence-corrected chi connectivity index (χ0v) is 6.92. The summed E-state index contributed by atoms with van der Waals surface area (Å²) < 4.78 is 0. The maximum atomic E-state index is 10.8. The Kier molecular flexibility index (Phi) is 2.59. The van der Waals surface area contributed by atoms with Crippen molar-refractivity contribution >= 4 is 11.8 Å². The molecule has 0 bridgehead atoms. The first-order valence-electron chi connectivity index (χ1n) is 3.15. The highest BCUT2D eigenvalue weighted by Gasteiger charge is 2.26. The Labute approximate surface area is 65.3 Å². The highest BCUT2D eigenvalue weighted by molar-refractivity contribution is 6.34. The average Bonchev–Trinajstić information content (AvgIpc) is 1.82. The van der Waals surface area contributed by atoms with Gasteiger partial charge in [-0.05, 0) is 20.8 Å². The standard InChI is InChI=1S/C6H13N3O2/c1-6(2,3)9(8)5(11)4(7)10/h8H2,1-3H3,(H2,7,10). The van der Waals surface area contributed by atoms with Crippen LogP contribution in [0.15, 0.2) is 0 Å². The lowest BCUT2D eigenvalue weighted by molar-refractivity contribution is -0.147. The Bertz CT molecular complexity index is 183.